The number of carbonyl (C=O) groups is 2. The summed E-state index contributed by atoms with van der Waals surface area (Å²) >= 11 is 1.12. The normalized spacial score (nSPS) is 11.5. The van der Waals surface area contributed by atoms with Crippen LogP contribution in [-0.4, -0.2) is 29.6 Å². The molecule has 0 aromatic carbocycles. The van der Waals surface area contributed by atoms with Gasteiger partial charge < -0.3 is 15.7 Å². The van der Waals surface area contributed by atoms with Gasteiger partial charge in [0.1, 0.15) is 4.88 Å². The van der Waals surface area contributed by atoms with Crippen LogP contribution in [0.15, 0.2) is 5.38 Å². The molecule has 1 aromatic heterocycles. The van der Waals surface area contributed by atoms with Gasteiger partial charge in [0, 0.05) is 0 Å². The number of thiophene rings is 1. The highest BCUT2D eigenvalue weighted by Gasteiger charge is 2.19. The van der Waals surface area contributed by atoms with Crippen molar-refractivity contribution in [3.63, 3.8) is 0 Å². The Morgan fingerprint density at radius 3 is 2.63 bits per heavy atom. The van der Waals surface area contributed by atoms with Crippen molar-refractivity contribution in [1.29, 1.82) is 0 Å². The summed E-state index contributed by atoms with van der Waals surface area (Å²) in [5.74, 6) is -1.23. The quantitative estimate of drug-likeness (QED) is 0.754. The number of halogens is 1. The van der Waals surface area contributed by atoms with Gasteiger partial charge in [-0.2, -0.15) is 0 Å². The molecule has 3 N–H and O–H groups in total. The lowest BCUT2D eigenvalue weighted by molar-refractivity contribution is -0.117. The van der Waals surface area contributed by atoms with E-state index in [4.69, 9.17) is 5.11 Å². The van der Waals surface area contributed by atoms with Crippen molar-refractivity contribution in [3.8, 4) is 0 Å². The minimum absolute atomic E-state index is 0. The van der Waals surface area contributed by atoms with E-state index in [1.54, 1.807) is 19.2 Å². The molecule has 0 aliphatic rings. The molecule has 0 saturated carbocycles. The second kappa shape index (κ2) is 8.14. The van der Waals surface area contributed by atoms with Gasteiger partial charge in [0.05, 0.1) is 11.7 Å². The van der Waals surface area contributed by atoms with E-state index in [1.165, 1.54) is 0 Å². The smallest absolute Gasteiger partial charge is 0.348 e. The summed E-state index contributed by atoms with van der Waals surface area (Å²) < 4.78 is 0. The van der Waals surface area contributed by atoms with Crippen molar-refractivity contribution in [2.45, 2.75) is 33.2 Å². The average Bonchev–Trinajstić information content (AvgIpc) is 2.68. The number of rotatable bonds is 6. The summed E-state index contributed by atoms with van der Waals surface area (Å²) in [5, 5.41) is 16.5. The molecule has 1 rings (SSSR count). The maximum Gasteiger partial charge on any atom is 0.348 e. The van der Waals surface area contributed by atoms with E-state index >= 15 is 0 Å². The van der Waals surface area contributed by atoms with Gasteiger partial charge in [-0.1, -0.05) is 6.92 Å². The Morgan fingerprint density at radius 1 is 1.47 bits per heavy atom. The number of amides is 1. The fraction of sp³-hybridized carbons (Fsp3) is 0.500. The predicted molar refractivity (Wildman–Crippen MR) is 79.6 cm³/mol. The summed E-state index contributed by atoms with van der Waals surface area (Å²) in [4.78, 5) is 23.1. The van der Waals surface area contributed by atoms with Crippen LogP contribution in [0.3, 0.4) is 0 Å². The van der Waals surface area contributed by atoms with Gasteiger partial charge in [0.25, 0.3) is 0 Å². The topological polar surface area (TPSA) is 78.4 Å². The molecule has 1 aromatic rings. The Kier molecular flexibility index (Phi) is 7.66. The first-order valence-corrected chi connectivity index (χ1v) is 6.71. The van der Waals surface area contributed by atoms with E-state index in [0.29, 0.717) is 5.69 Å². The summed E-state index contributed by atoms with van der Waals surface area (Å²) in [6, 6.07) is -0.342. The van der Waals surface area contributed by atoms with Crippen molar-refractivity contribution < 1.29 is 14.7 Å². The standard InChI is InChI=1S/C12H18N2O3S.ClH/c1-4-5-13-8(3)11(15)14-9-7(2)6-18-10(9)12(16)17;/h6,8,13H,4-5H2,1-3H3,(H,14,15)(H,16,17);1H. The number of carbonyl (C=O) groups excluding carboxylic acids is 1. The molecular formula is C12H19ClN2O3S. The lowest BCUT2D eigenvalue weighted by Crippen LogP contribution is -2.38. The van der Waals surface area contributed by atoms with Crippen LogP contribution in [0.5, 0.6) is 0 Å². The molecule has 0 fully saturated rings. The van der Waals surface area contributed by atoms with Crippen LogP contribution in [0.25, 0.3) is 0 Å². The third-order valence-corrected chi connectivity index (χ3v) is 3.60. The van der Waals surface area contributed by atoms with E-state index in [0.717, 1.165) is 29.9 Å². The van der Waals surface area contributed by atoms with Crippen LogP contribution < -0.4 is 10.6 Å². The van der Waals surface area contributed by atoms with Crippen molar-refractivity contribution in [2.75, 3.05) is 11.9 Å². The van der Waals surface area contributed by atoms with Crippen LogP contribution in [0.2, 0.25) is 0 Å². The first-order valence-electron chi connectivity index (χ1n) is 5.83. The SMILES string of the molecule is CCCNC(C)C(=O)Nc1c(C)csc1C(=O)O.Cl. The van der Waals surface area contributed by atoms with Crippen LogP contribution in [0, 0.1) is 6.92 Å². The number of aryl methyl sites for hydroxylation is 1. The molecular weight excluding hydrogens is 288 g/mol. The van der Waals surface area contributed by atoms with Crippen LogP contribution in [0.4, 0.5) is 5.69 Å². The predicted octanol–water partition coefficient (Wildman–Crippen LogP) is 2.50. The van der Waals surface area contributed by atoms with Gasteiger partial charge in [-0.3, -0.25) is 4.79 Å². The van der Waals surface area contributed by atoms with Gasteiger partial charge in [0.2, 0.25) is 5.91 Å². The number of aromatic carboxylic acids is 1. The number of carboxylic acids is 1. The van der Waals surface area contributed by atoms with E-state index in [-0.39, 0.29) is 29.2 Å². The molecule has 7 heteroatoms. The number of carboxylic acid groups (broad SMARTS) is 1. The molecule has 1 heterocycles. The monoisotopic (exact) mass is 306 g/mol. The third-order valence-electron chi connectivity index (χ3n) is 2.51. The van der Waals surface area contributed by atoms with E-state index in [9.17, 15) is 9.59 Å². The van der Waals surface area contributed by atoms with Gasteiger partial charge in [-0.15, -0.1) is 23.7 Å². The fourth-order valence-corrected chi connectivity index (χ4v) is 2.29. The zero-order chi connectivity index (χ0) is 13.7. The van der Waals surface area contributed by atoms with Gasteiger partial charge >= 0.3 is 5.97 Å². The van der Waals surface area contributed by atoms with Gasteiger partial charge in [-0.25, -0.2) is 4.79 Å². The minimum atomic E-state index is -1.02. The Balaban J connectivity index is 0.00000324. The van der Waals surface area contributed by atoms with Crippen molar-refractivity contribution >= 4 is 41.3 Å². The van der Waals surface area contributed by atoms with Crippen LogP contribution in [0.1, 0.15) is 35.5 Å². The number of anilines is 1. The molecule has 1 atom stereocenters. The molecule has 19 heavy (non-hydrogen) atoms. The second-order valence-electron chi connectivity index (χ2n) is 4.09. The molecule has 0 bridgehead atoms. The highest BCUT2D eigenvalue weighted by molar-refractivity contribution is 7.12. The van der Waals surface area contributed by atoms with E-state index < -0.39 is 5.97 Å². The Morgan fingerprint density at radius 2 is 2.11 bits per heavy atom. The third kappa shape index (κ3) is 4.81. The minimum Gasteiger partial charge on any atom is -0.477 e. The van der Waals surface area contributed by atoms with Gasteiger partial charge in [-0.05, 0) is 37.8 Å². The summed E-state index contributed by atoms with van der Waals surface area (Å²) in [7, 11) is 0. The first-order chi connectivity index (χ1) is 8.47. The molecule has 5 nitrogen and oxygen atoms in total. The Labute approximate surface area is 122 Å². The zero-order valence-corrected chi connectivity index (χ0v) is 12.8. The van der Waals surface area contributed by atoms with Gasteiger partial charge in [0.15, 0.2) is 0 Å². The Bertz CT molecular complexity index is 448. The molecule has 0 radical (unpaired) electrons. The molecule has 1 unspecified atom stereocenters. The average molecular weight is 307 g/mol. The largest absolute Gasteiger partial charge is 0.477 e. The number of nitrogens with one attached hydrogen (secondary N) is 2. The summed E-state index contributed by atoms with van der Waals surface area (Å²) in [5.41, 5.74) is 1.18. The maximum atomic E-state index is 11.9. The number of hydrogen-bond acceptors (Lipinski definition) is 4. The second-order valence-corrected chi connectivity index (χ2v) is 4.97. The van der Waals surface area contributed by atoms with Crippen molar-refractivity contribution in [2.24, 2.45) is 0 Å². The lowest BCUT2D eigenvalue weighted by atomic mass is 10.2. The zero-order valence-electron chi connectivity index (χ0n) is 11.1. The molecule has 1 amide bonds. The summed E-state index contributed by atoms with van der Waals surface area (Å²) in [6.07, 6.45) is 0.940. The molecule has 0 spiro atoms. The Hall–Kier alpha value is -1.11. The van der Waals surface area contributed by atoms with Crippen molar-refractivity contribution in [3.05, 3.63) is 15.8 Å². The molecule has 108 valence electrons. The summed E-state index contributed by atoms with van der Waals surface area (Å²) in [6.45, 7) is 6.31. The molecule has 0 saturated heterocycles. The molecule has 0 aliphatic heterocycles. The highest BCUT2D eigenvalue weighted by atomic mass is 35.5. The first kappa shape index (κ1) is 17.9. The maximum absolute atomic E-state index is 11.9. The highest BCUT2D eigenvalue weighted by Crippen LogP contribution is 2.27. The number of hydrogen-bond donors (Lipinski definition) is 3. The lowest BCUT2D eigenvalue weighted by Gasteiger charge is -2.13. The van der Waals surface area contributed by atoms with Crippen molar-refractivity contribution in [1.82, 2.24) is 5.32 Å². The van der Waals surface area contributed by atoms with Crippen LogP contribution in [-0.2, 0) is 4.79 Å². The fourth-order valence-electron chi connectivity index (χ4n) is 1.44. The van der Waals surface area contributed by atoms with Crippen LogP contribution >= 0.6 is 23.7 Å². The molecule has 0 aliphatic carbocycles. The van der Waals surface area contributed by atoms with E-state index in [2.05, 4.69) is 10.6 Å². The van der Waals surface area contributed by atoms with E-state index in [1.807, 2.05) is 6.92 Å².